The molecule has 1 amide bonds. The summed E-state index contributed by atoms with van der Waals surface area (Å²) in [6, 6.07) is 23.4. The molecule has 0 radical (unpaired) electrons. The summed E-state index contributed by atoms with van der Waals surface area (Å²) in [5, 5.41) is 22.9. The Morgan fingerprint density at radius 2 is 1.38 bits per heavy atom. The van der Waals surface area contributed by atoms with Gasteiger partial charge in [-0.2, -0.15) is 0 Å². The molecule has 1 aliphatic heterocycles. The predicted octanol–water partition coefficient (Wildman–Crippen LogP) is 6.70. The molecule has 244 valence electrons. The second-order valence-corrected chi connectivity index (χ2v) is 13.3. The largest absolute Gasteiger partial charge is 0.494 e. The maximum Gasteiger partial charge on any atom is 0.251 e. The van der Waals surface area contributed by atoms with E-state index in [1.54, 1.807) is 12.1 Å². The van der Waals surface area contributed by atoms with Crippen LogP contribution in [0, 0.1) is 0 Å². The molecule has 0 bridgehead atoms. The number of anilines is 2. The topological polar surface area (TPSA) is 85.3 Å². The average molecular weight is 616 g/mol. The fourth-order valence-corrected chi connectivity index (χ4v) is 5.78. The van der Waals surface area contributed by atoms with E-state index in [0.29, 0.717) is 12.0 Å². The second kappa shape index (κ2) is 16.7. The van der Waals surface area contributed by atoms with E-state index in [4.69, 9.17) is 4.74 Å². The molecule has 7 nitrogen and oxygen atoms in total. The minimum absolute atomic E-state index is 0.00752. The molecule has 3 aromatic carbocycles. The molecule has 0 unspecified atom stereocenters. The summed E-state index contributed by atoms with van der Waals surface area (Å²) in [7, 11) is 0. The Morgan fingerprint density at radius 1 is 0.800 bits per heavy atom. The first kappa shape index (κ1) is 34.3. The van der Waals surface area contributed by atoms with Gasteiger partial charge < -0.3 is 30.1 Å². The highest BCUT2D eigenvalue weighted by Gasteiger charge is 2.22. The van der Waals surface area contributed by atoms with Crippen LogP contribution in [0.15, 0.2) is 72.8 Å². The fourth-order valence-electron chi connectivity index (χ4n) is 5.78. The van der Waals surface area contributed by atoms with Gasteiger partial charge in [-0.3, -0.25) is 4.79 Å². The van der Waals surface area contributed by atoms with Crippen molar-refractivity contribution in [2.75, 3.05) is 42.6 Å². The first-order valence-electron chi connectivity index (χ1n) is 16.7. The molecule has 0 spiro atoms. The van der Waals surface area contributed by atoms with Gasteiger partial charge in [0.05, 0.1) is 12.6 Å². The molecule has 1 fully saturated rings. The number of nitrogens with one attached hydrogen (secondary N) is 1. The molecule has 4 rings (SSSR count). The lowest BCUT2D eigenvalue weighted by atomic mass is 9.86. The number of carbonyl (C=O) groups is 1. The molecule has 1 heterocycles. The summed E-state index contributed by atoms with van der Waals surface area (Å²) in [6.07, 6.45) is 5.90. The number of carbonyl (C=O) groups excluding carboxylic acids is 1. The van der Waals surface area contributed by atoms with E-state index in [0.717, 1.165) is 68.2 Å². The third-order valence-electron chi connectivity index (χ3n) is 8.66. The highest BCUT2D eigenvalue weighted by Crippen LogP contribution is 2.25. The van der Waals surface area contributed by atoms with E-state index in [1.807, 2.05) is 24.3 Å². The number of nitrogens with zero attached hydrogens (tertiary/aromatic N) is 2. The summed E-state index contributed by atoms with van der Waals surface area (Å²) >= 11 is 0. The van der Waals surface area contributed by atoms with Crippen LogP contribution < -0.4 is 19.9 Å². The number of aliphatic hydroxyl groups excluding tert-OH is 1. The Kier molecular flexibility index (Phi) is 12.7. The SMILES string of the molecule is CCCCCCCOc1ccc(N2CCCN(c3ccc(C[C@H](NC(=O)c4ccc(C(C)(C)C)cc4)C(O)O)cc3)CC2)cc1. The number of hydrogen-bond acceptors (Lipinski definition) is 6. The van der Waals surface area contributed by atoms with Gasteiger partial charge >= 0.3 is 0 Å². The summed E-state index contributed by atoms with van der Waals surface area (Å²) in [4.78, 5) is 17.7. The molecule has 7 heteroatoms. The monoisotopic (exact) mass is 615 g/mol. The van der Waals surface area contributed by atoms with Crippen molar-refractivity contribution in [1.82, 2.24) is 5.32 Å². The van der Waals surface area contributed by atoms with Crippen LogP contribution in [0.4, 0.5) is 11.4 Å². The summed E-state index contributed by atoms with van der Waals surface area (Å²) < 4.78 is 5.95. The molecule has 0 aromatic heterocycles. The minimum atomic E-state index is -1.67. The van der Waals surface area contributed by atoms with Crippen molar-refractivity contribution in [2.24, 2.45) is 0 Å². The van der Waals surface area contributed by atoms with Crippen LogP contribution in [-0.4, -0.2) is 61.2 Å². The number of hydrogen-bond donors (Lipinski definition) is 3. The zero-order valence-electron chi connectivity index (χ0n) is 27.7. The number of amides is 1. The third-order valence-corrected chi connectivity index (χ3v) is 8.66. The number of benzene rings is 3. The molecule has 3 N–H and O–H groups in total. The van der Waals surface area contributed by atoms with Gasteiger partial charge in [-0.25, -0.2) is 0 Å². The Balaban J connectivity index is 1.27. The Morgan fingerprint density at radius 3 is 1.93 bits per heavy atom. The molecule has 1 atom stereocenters. The van der Waals surface area contributed by atoms with Crippen LogP contribution in [0.25, 0.3) is 0 Å². The van der Waals surface area contributed by atoms with E-state index in [9.17, 15) is 15.0 Å². The van der Waals surface area contributed by atoms with Crippen molar-refractivity contribution in [3.05, 3.63) is 89.5 Å². The first-order chi connectivity index (χ1) is 21.6. The van der Waals surface area contributed by atoms with Crippen LogP contribution >= 0.6 is 0 Å². The van der Waals surface area contributed by atoms with E-state index in [-0.39, 0.29) is 11.3 Å². The van der Waals surface area contributed by atoms with Crippen molar-refractivity contribution >= 4 is 17.3 Å². The average Bonchev–Trinajstić information content (AvgIpc) is 3.29. The van der Waals surface area contributed by atoms with Crippen LogP contribution in [0.3, 0.4) is 0 Å². The highest BCUT2D eigenvalue weighted by molar-refractivity contribution is 5.94. The second-order valence-electron chi connectivity index (χ2n) is 13.3. The standard InChI is InChI=1S/C38H53N3O4/c1-5-6-7-8-9-27-45-34-21-19-33(20-22-34)41-24-10-23-40(25-26-41)32-17-11-29(12-18-32)28-35(37(43)44)39-36(42)30-13-15-31(16-14-30)38(2,3)4/h11-22,35,37,43-44H,5-10,23-28H2,1-4H3,(H,39,42)/t35-/m0/s1. The van der Waals surface area contributed by atoms with Crippen molar-refractivity contribution in [3.8, 4) is 5.75 Å². The third kappa shape index (κ3) is 10.5. The van der Waals surface area contributed by atoms with Crippen molar-refractivity contribution in [1.29, 1.82) is 0 Å². The lowest BCUT2D eigenvalue weighted by Crippen LogP contribution is -2.44. The number of ether oxygens (including phenoxy) is 1. The Labute approximate surface area is 270 Å². The van der Waals surface area contributed by atoms with Gasteiger partial charge in [0.1, 0.15) is 5.75 Å². The Hall–Kier alpha value is -3.55. The van der Waals surface area contributed by atoms with Gasteiger partial charge in [-0.1, -0.05) is 77.6 Å². The first-order valence-corrected chi connectivity index (χ1v) is 16.7. The van der Waals surface area contributed by atoms with Crippen molar-refractivity contribution in [2.45, 2.75) is 90.4 Å². The fraction of sp³-hybridized carbons (Fsp3) is 0.500. The van der Waals surface area contributed by atoms with Crippen LogP contribution in [0.2, 0.25) is 0 Å². The van der Waals surface area contributed by atoms with Crippen LogP contribution in [0.5, 0.6) is 5.75 Å². The zero-order valence-corrected chi connectivity index (χ0v) is 27.7. The lowest BCUT2D eigenvalue weighted by molar-refractivity contribution is -0.0647. The van der Waals surface area contributed by atoms with Crippen LogP contribution in [-0.2, 0) is 11.8 Å². The van der Waals surface area contributed by atoms with Crippen molar-refractivity contribution in [3.63, 3.8) is 0 Å². The highest BCUT2D eigenvalue weighted by atomic mass is 16.5. The smallest absolute Gasteiger partial charge is 0.251 e. The van der Waals surface area contributed by atoms with Crippen molar-refractivity contribution < 1.29 is 19.7 Å². The van der Waals surface area contributed by atoms with Gasteiger partial charge in [-0.15, -0.1) is 0 Å². The maximum absolute atomic E-state index is 12.9. The molecule has 0 saturated carbocycles. The number of rotatable bonds is 14. The summed E-state index contributed by atoms with van der Waals surface area (Å²) in [6.45, 7) is 13.2. The Bertz CT molecular complexity index is 1300. The van der Waals surface area contributed by atoms with Gasteiger partial charge in [-0.05, 0) is 84.3 Å². The molecule has 3 aromatic rings. The van der Waals surface area contributed by atoms with E-state index >= 15 is 0 Å². The molecular weight excluding hydrogens is 562 g/mol. The normalized spacial score (nSPS) is 14.7. The van der Waals surface area contributed by atoms with Gasteiger partial charge in [0, 0.05) is 43.1 Å². The number of unbranched alkanes of at least 4 members (excludes halogenated alkanes) is 4. The minimum Gasteiger partial charge on any atom is -0.494 e. The summed E-state index contributed by atoms with van der Waals surface area (Å²) in [5.74, 6) is 0.621. The molecule has 1 saturated heterocycles. The van der Waals surface area contributed by atoms with Gasteiger partial charge in [0.2, 0.25) is 0 Å². The zero-order chi connectivity index (χ0) is 32.2. The van der Waals surface area contributed by atoms with E-state index in [1.165, 1.54) is 31.4 Å². The predicted molar refractivity (Wildman–Crippen MR) is 185 cm³/mol. The van der Waals surface area contributed by atoms with Crippen LogP contribution in [0.1, 0.15) is 87.7 Å². The molecule has 0 aliphatic carbocycles. The quantitative estimate of drug-likeness (QED) is 0.138. The van der Waals surface area contributed by atoms with Gasteiger partial charge in [0.15, 0.2) is 6.29 Å². The number of aliphatic hydroxyl groups is 2. The van der Waals surface area contributed by atoms with Gasteiger partial charge in [0.25, 0.3) is 5.91 Å². The molecule has 1 aliphatic rings. The maximum atomic E-state index is 12.9. The lowest BCUT2D eigenvalue weighted by Gasteiger charge is -2.25. The van der Waals surface area contributed by atoms with E-state index in [2.05, 4.69) is 79.2 Å². The molecule has 45 heavy (non-hydrogen) atoms. The van der Waals surface area contributed by atoms with E-state index < -0.39 is 12.3 Å². The summed E-state index contributed by atoms with van der Waals surface area (Å²) in [5.41, 5.74) is 4.93. The molecular formula is C38H53N3O4.